The molecule has 3 aromatic rings. The molecule has 23 heavy (non-hydrogen) atoms. The predicted octanol–water partition coefficient (Wildman–Crippen LogP) is 4.19. The molecule has 0 radical (unpaired) electrons. The highest BCUT2D eigenvalue weighted by molar-refractivity contribution is 7.16. The van der Waals surface area contributed by atoms with E-state index < -0.39 is 0 Å². The lowest BCUT2D eigenvalue weighted by atomic mass is 10.1. The Bertz CT molecular complexity index is 844. The average Bonchev–Trinajstić information content (AvgIpc) is 3.04. The Labute approximate surface area is 137 Å². The van der Waals surface area contributed by atoms with Gasteiger partial charge in [0.05, 0.1) is 6.20 Å². The van der Waals surface area contributed by atoms with E-state index in [2.05, 4.69) is 10.3 Å². The van der Waals surface area contributed by atoms with Crippen LogP contribution in [-0.2, 0) is 6.54 Å². The number of halogens is 1. The van der Waals surface area contributed by atoms with E-state index in [1.165, 1.54) is 23.6 Å². The van der Waals surface area contributed by atoms with Crippen molar-refractivity contribution in [2.75, 3.05) is 0 Å². The molecular weight excluding hydrogens is 311 g/mol. The summed E-state index contributed by atoms with van der Waals surface area (Å²) in [6, 6.07) is 14.3. The number of nitrogens with one attached hydrogen (secondary N) is 1. The predicted molar refractivity (Wildman–Crippen MR) is 89.9 cm³/mol. The maximum Gasteiger partial charge on any atom is 0.263 e. The monoisotopic (exact) mass is 326 g/mol. The van der Waals surface area contributed by atoms with E-state index in [0.29, 0.717) is 22.0 Å². The second-order valence-electron chi connectivity index (χ2n) is 5.12. The average molecular weight is 326 g/mol. The van der Waals surface area contributed by atoms with Crippen molar-refractivity contribution in [3.8, 4) is 10.6 Å². The Hall–Kier alpha value is -2.53. The first kappa shape index (κ1) is 15.4. The fourth-order valence-corrected chi connectivity index (χ4v) is 3.07. The maximum absolute atomic E-state index is 13.8. The number of aromatic nitrogens is 1. The molecule has 1 amide bonds. The van der Waals surface area contributed by atoms with Gasteiger partial charge >= 0.3 is 0 Å². The fourth-order valence-electron chi connectivity index (χ4n) is 2.21. The second-order valence-corrected chi connectivity index (χ2v) is 6.15. The van der Waals surface area contributed by atoms with Crippen LogP contribution in [0.1, 0.15) is 20.8 Å². The van der Waals surface area contributed by atoms with Crippen LogP contribution in [-0.4, -0.2) is 10.9 Å². The van der Waals surface area contributed by atoms with Gasteiger partial charge in [-0.2, -0.15) is 0 Å². The standard InChI is InChI=1S/C18H15FN2OS/c1-12-6-2-3-7-13(12)10-20-17(22)16-11-21-18(23-16)14-8-4-5-9-15(14)19/h2-9,11H,10H2,1H3,(H,20,22). The van der Waals surface area contributed by atoms with Gasteiger partial charge in [-0.3, -0.25) is 4.79 Å². The van der Waals surface area contributed by atoms with Crippen molar-refractivity contribution in [3.63, 3.8) is 0 Å². The fraction of sp³-hybridized carbons (Fsp3) is 0.111. The molecule has 0 spiro atoms. The van der Waals surface area contributed by atoms with Crippen LogP contribution in [0.25, 0.3) is 10.6 Å². The molecule has 0 saturated carbocycles. The molecule has 116 valence electrons. The zero-order valence-corrected chi connectivity index (χ0v) is 13.4. The van der Waals surface area contributed by atoms with Gasteiger partial charge in [0, 0.05) is 12.1 Å². The van der Waals surface area contributed by atoms with Crippen molar-refractivity contribution in [3.05, 3.63) is 76.5 Å². The Kier molecular flexibility index (Phi) is 4.48. The van der Waals surface area contributed by atoms with Gasteiger partial charge in [0.15, 0.2) is 0 Å². The zero-order valence-electron chi connectivity index (χ0n) is 12.5. The Morgan fingerprint density at radius 2 is 1.91 bits per heavy atom. The summed E-state index contributed by atoms with van der Waals surface area (Å²) in [5.41, 5.74) is 2.61. The van der Waals surface area contributed by atoms with E-state index in [1.54, 1.807) is 18.2 Å². The molecular formula is C18H15FN2OS. The van der Waals surface area contributed by atoms with Crippen LogP contribution in [0.3, 0.4) is 0 Å². The molecule has 0 fully saturated rings. The number of amides is 1. The minimum atomic E-state index is -0.339. The molecule has 0 aliphatic heterocycles. The van der Waals surface area contributed by atoms with Crippen LogP contribution in [0.4, 0.5) is 4.39 Å². The number of nitrogens with zero attached hydrogens (tertiary/aromatic N) is 1. The highest BCUT2D eigenvalue weighted by atomic mass is 32.1. The summed E-state index contributed by atoms with van der Waals surface area (Å²) >= 11 is 1.18. The summed E-state index contributed by atoms with van der Waals surface area (Å²) in [6.07, 6.45) is 1.49. The molecule has 5 heteroatoms. The summed E-state index contributed by atoms with van der Waals surface area (Å²) < 4.78 is 13.8. The smallest absolute Gasteiger partial charge is 0.263 e. The summed E-state index contributed by atoms with van der Waals surface area (Å²) in [4.78, 5) is 16.9. The number of aryl methyl sites for hydroxylation is 1. The van der Waals surface area contributed by atoms with Crippen molar-refractivity contribution >= 4 is 17.2 Å². The van der Waals surface area contributed by atoms with Crippen LogP contribution < -0.4 is 5.32 Å². The zero-order chi connectivity index (χ0) is 16.2. The van der Waals surface area contributed by atoms with E-state index in [-0.39, 0.29) is 11.7 Å². The van der Waals surface area contributed by atoms with Crippen LogP contribution in [0.5, 0.6) is 0 Å². The van der Waals surface area contributed by atoms with Crippen LogP contribution >= 0.6 is 11.3 Å². The molecule has 0 unspecified atom stereocenters. The SMILES string of the molecule is Cc1ccccc1CNC(=O)c1cnc(-c2ccccc2F)s1. The summed E-state index contributed by atoms with van der Waals surface area (Å²) in [7, 11) is 0. The van der Waals surface area contributed by atoms with Gasteiger partial charge in [0.2, 0.25) is 0 Å². The third-order valence-electron chi connectivity index (χ3n) is 3.53. The number of carbonyl (C=O) groups is 1. The van der Waals surface area contributed by atoms with Crippen LogP contribution in [0.2, 0.25) is 0 Å². The molecule has 0 aliphatic rings. The van der Waals surface area contributed by atoms with Crippen LogP contribution in [0, 0.1) is 12.7 Å². The number of benzene rings is 2. The number of hydrogen-bond acceptors (Lipinski definition) is 3. The van der Waals surface area contributed by atoms with E-state index in [0.717, 1.165) is 11.1 Å². The first-order valence-corrected chi connectivity index (χ1v) is 8.00. The Balaban J connectivity index is 1.72. The Morgan fingerprint density at radius 3 is 2.70 bits per heavy atom. The molecule has 1 heterocycles. The topological polar surface area (TPSA) is 42.0 Å². The maximum atomic E-state index is 13.8. The lowest BCUT2D eigenvalue weighted by molar-refractivity contribution is 0.0954. The number of thiazole rings is 1. The molecule has 0 bridgehead atoms. The third kappa shape index (κ3) is 3.46. The van der Waals surface area contributed by atoms with E-state index in [1.807, 2.05) is 31.2 Å². The van der Waals surface area contributed by atoms with Gasteiger partial charge in [0.25, 0.3) is 5.91 Å². The van der Waals surface area contributed by atoms with E-state index >= 15 is 0 Å². The quantitative estimate of drug-likeness (QED) is 0.781. The summed E-state index contributed by atoms with van der Waals surface area (Å²) in [5, 5.41) is 3.38. The Morgan fingerprint density at radius 1 is 1.17 bits per heavy atom. The van der Waals surface area contributed by atoms with Crippen molar-refractivity contribution in [2.45, 2.75) is 13.5 Å². The lowest BCUT2D eigenvalue weighted by Crippen LogP contribution is -2.22. The third-order valence-corrected chi connectivity index (χ3v) is 4.56. The second kappa shape index (κ2) is 6.71. The molecule has 3 rings (SSSR count). The molecule has 1 N–H and O–H groups in total. The highest BCUT2D eigenvalue weighted by Gasteiger charge is 2.13. The summed E-state index contributed by atoms with van der Waals surface area (Å²) in [6.45, 7) is 2.46. The molecule has 0 atom stereocenters. The van der Waals surface area contributed by atoms with Gasteiger partial charge in [-0.25, -0.2) is 9.37 Å². The van der Waals surface area contributed by atoms with E-state index in [4.69, 9.17) is 0 Å². The van der Waals surface area contributed by atoms with Gasteiger partial charge in [-0.05, 0) is 30.2 Å². The summed E-state index contributed by atoms with van der Waals surface area (Å²) in [5.74, 6) is -0.540. The first-order chi connectivity index (χ1) is 11.1. The normalized spacial score (nSPS) is 10.5. The van der Waals surface area contributed by atoms with Gasteiger partial charge in [-0.15, -0.1) is 11.3 Å². The highest BCUT2D eigenvalue weighted by Crippen LogP contribution is 2.27. The van der Waals surface area contributed by atoms with Gasteiger partial charge in [0.1, 0.15) is 15.7 Å². The van der Waals surface area contributed by atoms with Gasteiger partial charge in [-0.1, -0.05) is 36.4 Å². The van der Waals surface area contributed by atoms with Crippen molar-refractivity contribution in [2.24, 2.45) is 0 Å². The number of carbonyl (C=O) groups excluding carboxylic acids is 1. The molecule has 2 aromatic carbocycles. The minimum Gasteiger partial charge on any atom is -0.347 e. The van der Waals surface area contributed by atoms with Crippen LogP contribution in [0.15, 0.2) is 54.7 Å². The molecule has 0 aliphatic carbocycles. The molecule has 1 aromatic heterocycles. The minimum absolute atomic E-state index is 0.201. The molecule has 3 nitrogen and oxygen atoms in total. The van der Waals surface area contributed by atoms with Crippen molar-refractivity contribution in [1.29, 1.82) is 0 Å². The van der Waals surface area contributed by atoms with E-state index in [9.17, 15) is 9.18 Å². The largest absolute Gasteiger partial charge is 0.347 e. The molecule has 0 saturated heterocycles. The first-order valence-electron chi connectivity index (χ1n) is 7.18. The van der Waals surface area contributed by atoms with Crippen molar-refractivity contribution < 1.29 is 9.18 Å². The lowest BCUT2D eigenvalue weighted by Gasteiger charge is -2.06. The van der Waals surface area contributed by atoms with Crippen molar-refractivity contribution in [1.82, 2.24) is 10.3 Å². The van der Waals surface area contributed by atoms with Gasteiger partial charge < -0.3 is 5.32 Å². The number of rotatable bonds is 4. The number of hydrogen-bond donors (Lipinski definition) is 1.